The van der Waals surface area contributed by atoms with Crippen LogP contribution >= 0.6 is 0 Å². The lowest BCUT2D eigenvalue weighted by molar-refractivity contribution is -0.228. The second-order valence-electron chi connectivity index (χ2n) is 4.30. The van der Waals surface area contributed by atoms with E-state index in [0.717, 1.165) is 25.7 Å². The Balaban J connectivity index is 2.03. The zero-order valence-corrected chi connectivity index (χ0v) is 9.21. The first-order valence-corrected chi connectivity index (χ1v) is 5.25. The molecule has 1 N–H and O–H groups in total. The largest absolute Gasteiger partial charge is 0.353 e. The van der Waals surface area contributed by atoms with Crippen LogP contribution in [0.4, 0.5) is 0 Å². The van der Waals surface area contributed by atoms with E-state index in [1.54, 1.807) is 20.3 Å². The van der Waals surface area contributed by atoms with E-state index in [4.69, 9.17) is 9.47 Å². The predicted molar refractivity (Wildman–Crippen MR) is 55.2 cm³/mol. The van der Waals surface area contributed by atoms with Gasteiger partial charge in [-0.15, -0.1) is 0 Å². The number of ether oxygens (including phenoxy) is 2. The van der Waals surface area contributed by atoms with Gasteiger partial charge in [0.25, 0.3) is 0 Å². The van der Waals surface area contributed by atoms with Crippen LogP contribution in [-0.4, -0.2) is 31.5 Å². The summed E-state index contributed by atoms with van der Waals surface area (Å²) >= 11 is 0. The highest BCUT2D eigenvalue weighted by Crippen LogP contribution is 2.39. The molecule has 1 aliphatic carbocycles. The van der Waals surface area contributed by atoms with Crippen LogP contribution in [0, 0.1) is 0 Å². The molecule has 4 heteroatoms. The third-order valence-electron chi connectivity index (χ3n) is 3.57. The number of carbonyl (C=O) groups excluding carboxylic acids is 1. The molecule has 1 spiro atoms. The van der Waals surface area contributed by atoms with E-state index in [0.29, 0.717) is 0 Å². The van der Waals surface area contributed by atoms with Gasteiger partial charge in [0.2, 0.25) is 5.91 Å². The van der Waals surface area contributed by atoms with E-state index in [-0.39, 0.29) is 11.4 Å². The number of rotatable bonds is 2. The molecule has 2 aliphatic rings. The fourth-order valence-corrected chi connectivity index (χ4v) is 2.42. The van der Waals surface area contributed by atoms with E-state index in [1.165, 1.54) is 0 Å². The summed E-state index contributed by atoms with van der Waals surface area (Å²) in [6.45, 7) is 0. The van der Waals surface area contributed by atoms with Gasteiger partial charge in [-0.25, -0.2) is 0 Å². The molecule has 0 aromatic carbocycles. The molecule has 0 radical (unpaired) electrons. The van der Waals surface area contributed by atoms with Gasteiger partial charge < -0.3 is 14.8 Å². The van der Waals surface area contributed by atoms with Crippen molar-refractivity contribution in [2.24, 2.45) is 0 Å². The van der Waals surface area contributed by atoms with Crippen LogP contribution < -0.4 is 5.32 Å². The summed E-state index contributed by atoms with van der Waals surface area (Å²) in [5, 5.41) is 2.99. The highest BCUT2D eigenvalue weighted by molar-refractivity contribution is 5.91. The highest BCUT2D eigenvalue weighted by atomic mass is 16.7. The Labute approximate surface area is 89.6 Å². The van der Waals surface area contributed by atoms with E-state index >= 15 is 0 Å². The Morgan fingerprint density at radius 3 is 2.20 bits per heavy atom. The number of hydrogen-bond acceptors (Lipinski definition) is 3. The summed E-state index contributed by atoms with van der Waals surface area (Å²) in [6.07, 6.45) is 6.96. The van der Waals surface area contributed by atoms with Crippen molar-refractivity contribution in [3.63, 3.8) is 0 Å². The maximum absolute atomic E-state index is 11.2. The molecular weight excluding hydrogens is 194 g/mol. The summed E-state index contributed by atoms with van der Waals surface area (Å²) in [5.74, 6) is -0.441. The molecule has 0 atom stereocenters. The fourth-order valence-electron chi connectivity index (χ4n) is 2.42. The molecule has 1 heterocycles. The molecule has 1 fully saturated rings. The summed E-state index contributed by atoms with van der Waals surface area (Å²) in [5.41, 5.74) is -0.141. The molecule has 1 amide bonds. The molecule has 0 saturated heterocycles. The number of nitrogens with one attached hydrogen (secondary N) is 1. The van der Waals surface area contributed by atoms with Gasteiger partial charge in [0.05, 0.1) is 5.54 Å². The minimum Gasteiger partial charge on any atom is -0.353 e. The molecule has 1 saturated carbocycles. The van der Waals surface area contributed by atoms with Gasteiger partial charge in [-0.1, -0.05) is 6.08 Å². The standard InChI is InChI=1S/C11H17NO3/c1-14-11(15-2)7-5-10(6-8-11)4-3-9(13)12-10/h3-4H,5-8H2,1-2H3,(H,12,13). The van der Waals surface area contributed by atoms with Crippen LogP contribution in [0.1, 0.15) is 25.7 Å². The topological polar surface area (TPSA) is 47.6 Å². The monoisotopic (exact) mass is 211 g/mol. The molecule has 1 aliphatic heterocycles. The van der Waals surface area contributed by atoms with Gasteiger partial charge in [-0.2, -0.15) is 0 Å². The molecule has 4 nitrogen and oxygen atoms in total. The first-order chi connectivity index (χ1) is 7.14. The molecule has 0 aromatic rings. The second-order valence-corrected chi connectivity index (χ2v) is 4.30. The normalized spacial score (nSPS) is 26.9. The Kier molecular flexibility index (Phi) is 2.56. The number of hydrogen-bond donors (Lipinski definition) is 1. The maximum atomic E-state index is 11.2. The average Bonchev–Trinajstić information content (AvgIpc) is 2.63. The van der Waals surface area contributed by atoms with Crippen LogP contribution in [0.2, 0.25) is 0 Å². The molecule has 2 rings (SSSR count). The summed E-state index contributed by atoms with van der Waals surface area (Å²) in [6, 6.07) is 0. The minimum atomic E-state index is -0.452. The zero-order valence-electron chi connectivity index (χ0n) is 9.21. The second kappa shape index (κ2) is 3.61. The lowest BCUT2D eigenvalue weighted by Gasteiger charge is -2.42. The highest BCUT2D eigenvalue weighted by Gasteiger charge is 2.44. The minimum absolute atomic E-state index is 0.0114. The van der Waals surface area contributed by atoms with Crippen LogP contribution in [0.25, 0.3) is 0 Å². The smallest absolute Gasteiger partial charge is 0.244 e. The molecule has 0 bridgehead atoms. The van der Waals surface area contributed by atoms with Crippen molar-refractivity contribution in [2.45, 2.75) is 37.0 Å². The van der Waals surface area contributed by atoms with Crippen molar-refractivity contribution in [3.05, 3.63) is 12.2 Å². The summed E-state index contributed by atoms with van der Waals surface area (Å²) in [7, 11) is 3.34. The lowest BCUT2D eigenvalue weighted by atomic mass is 9.79. The third kappa shape index (κ3) is 1.79. The number of amides is 1. The van der Waals surface area contributed by atoms with Crippen LogP contribution in [0.3, 0.4) is 0 Å². The number of methoxy groups -OCH3 is 2. The van der Waals surface area contributed by atoms with Crippen LogP contribution in [0.5, 0.6) is 0 Å². The maximum Gasteiger partial charge on any atom is 0.244 e. The molecule has 0 aromatic heterocycles. The Hall–Kier alpha value is -0.870. The van der Waals surface area contributed by atoms with Gasteiger partial charge in [-0.05, 0) is 12.8 Å². The van der Waals surface area contributed by atoms with Gasteiger partial charge >= 0.3 is 0 Å². The van der Waals surface area contributed by atoms with Crippen molar-refractivity contribution in [1.82, 2.24) is 5.32 Å². The van der Waals surface area contributed by atoms with E-state index in [2.05, 4.69) is 5.32 Å². The van der Waals surface area contributed by atoms with Crippen molar-refractivity contribution >= 4 is 5.91 Å². The van der Waals surface area contributed by atoms with Crippen molar-refractivity contribution in [2.75, 3.05) is 14.2 Å². The SMILES string of the molecule is COC1(OC)CCC2(C=CC(=O)N2)CC1. The first-order valence-electron chi connectivity index (χ1n) is 5.25. The molecule has 15 heavy (non-hydrogen) atoms. The average molecular weight is 211 g/mol. The van der Waals surface area contributed by atoms with Gasteiger partial charge in [0.15, 0.2) is 5.79 Å². The Bertz CT molecular complexity index is 284. The molecular formula is C11H17NO3. The van der Waals surface area contributed by atoms with Crippen molar-refractivity contribution in [1.29, 1.82) is 0 Å². The van der Waals surface area contributed by atoms with E-state index < -0.39 is 5.79 Å². The lowest BCUT2D eigenvalue weighted by Crippen LogP contribution is -2.50. The third-order valence-corrected chi connectivity index (χ3v) is 3.57. The van der Waals surface area contributed by atoms with Gasteiger partial charge in [0.1, 0.15) is 0 Å². The van der Waals surface area contributed by atoms with Crippen LogP contribution in [-0.2, 0) is 14.3 Å². The van der Waals surface area contributed by atoms with Crippen LogP contribution in [0.15, 0.2) is 12.2 Å². The van der Waals surface area contributed by atoms with Crippen molar-refractivity contribution in [3.8, 4) is 0 Å². The van der Waals surface area contributed by atoms with Gasteiger partial charge in [0, 0.05) is 33.1 Å². The number of carbonyl (C=O) groups is 1. The van der Waals surface area contributed by atoms with Gasteiger partial charge in [-0.3, -0.25) is 4.79 Å². The molecule has 84 valence electrons. The predicted octanol–water partition coefficient (Wildman–Crippen LogP) is 0.974. The Morgan fingerprint density at radius 1 is 1.20 bits per heavy atom. The van der Waals surface area contributed by atoms with E-state index in [9.17, 15) is 4.79 Å². The Morgan fingerprint density at radius 2 is 1.80 bits per heavy atom. The first kappa shape index (κ1) is 10.6. The van der Waals surface area contributed by atoms with Crippen molar-refractivity contribution < 1.29 is 14.3 Å². The van der Waals surface area contributed by atoms with E-state index in [1.807, 2.05) is 6.08 Å². The summed E-state index contributed by atoms with van der Waals surface area (Å²) in [4.78, 5) is 11.2. The quantitative estimate of drug-likeness (QED) is 0.692. The summed E-state index contributed by atoms with van der Waals surface area (Å²) < 4.78 is 10.8. The molecule has 0 unspecified atom stereocenters. The zero-order chi connectivity index (χ0) is 10.9. The fraction of sp³-hybridized carbons (Fsp3) is 0.727.